The van der Waals surface area contributed by atoms with Gasteiger partial charge < -0.3 is 14.2 Å². The van der Waals surface area contributed by atoms with Gasteiger partial charge in [0.1, 0.15) is 5.75 Å². The molecular weight excluding hydrogens is 308 g/mol. The molecule has 1 N–H and O–H groups in total. The van der Waals surface area contributed by atoms with Crippen LogP contribution in [0.1, 0.15) is 29.8 Å². The maximum absolute atomic E-state index is 12.2. The fourth-order valence-corrected chi connectivity index (χ4v) is 2.26. The minimum Gasteiger partial charge on any atom is -0.494 e. The molecule has 1 heterocycles. The van der Waals surface area contributed by atoms with E-state index in [4.69, 9.17) is 14.2 Å². The lowest BCUT2D eigenvalue weighted by Crippen LogP contribution is -2.19. The summed E-state index contributed by atoms with van der Waals surface area (Å²) in [5.74, 6) is 1.70. The number of hydrogen-bond acceptors (Lipinski definition) is 5. The van der Waals surface area contributed by atoms with Crippen molar-refractivity contribution >= 4 is 11.6 Å². The molecule has 1 aliphatic rings. The molecule has 0 radical (unpaired) electrons. The van der Waals surface area contributed by atoms with E-state index < -0.39 is 0 Å². The molecular formula is C18H18N2O4. The summed E-state index contributed by atoms with van der Waals surface area (Å²) < 4.78 is 15.9. The van der Waals surface area contributed by atoms with Crippen molar-refractivity contribution in [1.29, 1.82) is 0 Å². The Kier molecular flexibility index (Phi) is 4.65. The summed E-state index contributed by atoms with van der Waals surface area (Å²) in [4.78, 5) is 12.2. The van der Waals surface area contributed by atoms with Crippen molar-refractivity contribution in [3.05, 3.63) is 53.6 Å². The standard InChI is InChI=1S/C18H18N2O4/c1-3-22-15-7-4-13(5-8-15)12(2)19-20-18(21)14-6-9-16-17(10-14)24-11-23-16/h4-10H,3,11H2,1-2H3,(H,20,21)/b19-12+. The van der Waals surface area contributed by atoms with Crippen LogP contribution in [0.4, 0.5) is 0 Å². The maximum atomic E-state index is 12.2. The largest absolute Gasteiger partial charge is 0.494 e. The third kappa shape index (κ3) is 3.48. The van der Waals surface area contributed by atoms with Gasteiger partial charge in [-0.15, -0.1) is 0 Å². The topological polar surface area (TPSA) is 69.2 Å². The summed E-state index contributed by atoms with van der Waals surface area (Å²) in [6.07, 6.45) is 0. The number of ether oxygens (including phenoxy) is 3. The third-order valence-corrected chi connectivity index (χ3v) is 3.54. The van der Waals surface area contributed by atoms with Gasteiger partial charge in [-0.3, -0.25) is 4.79 Å². The molecule has 0 saturated carbocycles. The minimum atomic E-state index is -0.307. The molecule has 0 fully saturated rings. The van der Waals surface area contributed by atoms with E-state index in [1.165, 1.54) is 0 Å². The molecule has 2 aromatic rings. The highest BCUT2D eigenvalue weighted by Gasteiger charge is 2.16. The van der Waals surface area contributed by atoms with E-state index in [2.05, 4.69) is 10.5 Å². The van der Waals surface area contributed by atoms with E-state index in [-0.39, 0.29) is 12.7 Å². The molecule has 0 bridgehead atoms. The van der Waals surface area contributed by atoms with Crippen molar-refractivity contribution < 1.29 is 19.0 Å². The van der Waals surface area contributed by atoms with Crippen LogP contribution >= 0.6 is 0 Å². The average molecular weight is 326 g/mol. The molecule has 1 aliphatic heterocycles. The molecule has 0 aromatic heterocycles. The second kappa shape index (κ2) is 7.04. The second-order valence-corrected chi connectivity index (χ2v) is 5.16. The lowest BCUT2D eigenvalue weighted by molar-refractivity contribution is 0.0954. The van der Waals surface area contributed by atoms with Gasteiger partial charge in [0, 0.05) is 5.56 Å². The molecule has 24 heavy (non-hydrogen) atoms. The molecule has 0 spiro atoms. The monoisotopic (exact) mass is 326 g/mol. The molecule has 124 valence electrons. The molecule has 0 unspecified atom stereocenters. The summed E-state index contributed by atoms with van der Waals surface area (Å²) >= 11 is 0. The van der Waals surface area contributed by atoms with Crippen molar-refractivity contribution in [2.24, 2.45) is 5.10 Å². The third-order valence-electron chi connectivity index (χ3n) is 3.54. The average Bonchev–Trinajstić information content (AvgIpc) is 3.08. The Balaban J connectivity index is 1.66. The van der Waals surface area contributed by atoms with Crippen LogP contribution in [0.3, 0.4) is 0 Å². The molecule has 2 aromatic carbocycles. The van der Waals surface area contributed by atoms with Crippen molar-refractivity contribution in [3.63, 3.8) is 0 Å². The summed E-state index contributed by atoms with van der Waals surface area (Å²) in [7, 11) is 0. The number of nitrogens with zero attached hydrogens (tertiary/aromatic N) is 1. The highest BCUT2D eigenvalue weighted by molar-refractivity contribution is 6.01. The molecule has 1 amide bonds. The highest BCUT2D eigenvalue weighted by Crippen LogP contribution is 2.32. The van der Waals surface area contributed by atoms with E-state index >= 15 is 0 Å². The molecule has 0 aliphatic carbocycles. The number of amides is 1. The number of fused-ring (bicyclic) bond motifs is 1. The van der Waals surface area contributed by atoms with Crippen molar-refractivity contribution in [1.82, 2.24) is 5.43 Å². The van der Waals surface area contributed by atoms with Gasteiger partial charge in [0.25, 0.3) is 5.91 Å². The van der Waals surface area contributed by atoms with Crippen LogP contribution < -0.4 is 19.6 Å². The summed E-state index contributed by atoms with van der Waals surface area (Å²) in [5.41, 5.74) is 4.62. The minimum absolute atomic E-state index is 0.176. The summed E-state index contributed by atoms with van der Waals surface area (Å²) in [5, 5.41) is 4.14. The number of carbonyl (C=O) groups is 1. The predicted octanol–water partition coefficient (Wildman–Crippen LogP) is 2.97. The number of hydrogen-bond donors (Lipinski definition) is 1. The second-order valence-electron chi connectivity index (χ2n) is 5.16. The first-order valence-corrected chi connectivity index (χ1v) is 7.65. The summed E-state index contributed by atoms with van der Waals surface area (Å²) in [6.45, 7) is 4.56. The van der Waals surface area contributed by atoms with Crippen LogP contribution in [0.5, 0.6) is 17.2 Å². The van der Waals surface area contributed by atoms with Crippen LogP contribution in [0.25, 0.3) is 0 Å². The van der Waals surface area contributed by atoms with Gasteiger partial charge in [-0.2, -0.15) is 5.10 Å². The van der Waals surface area contributed by atoms with Crippen LogP contribution in [-0.4, -0.2) is 25.0 Å². The Labute approximate surface area is 140 Å². The van der Waals surface area contributed by atoms with Crippen molar-refractivity contribution in [3.8, 4) is 17.2 Å². The first-order valence-electron chi connectivity index (χ1n) is 7.65. The first kappa shape index (κ1) is 15.9. The van der Waals surface area contributed by atoms with Gasteiger partial charge in [0.05, 0.1) is 12.3 Å². The van der Waals surface area contributed by atoms with Crippen molar-refractivity contribution in [2.45, 2.75) is 13.8 Å². The smallest absolute Gasteiger partial charge is 0.271 e. The van der Waals surface area contributed by atoms with E-state index in [0.717, 1.165) is 11.3 Å². The zero-order chi connectivity index (χ0) is 16.9. The lowest BCUT2D eigenvalue weighted by Gasteiger charge is -2.06. The van der Waals surface area contributed by atoms with Crippen LogP contribution in [-0.2, 0) is 0 Å². The summed E-state index contributed by atoms with van der Waals surface area (Å²) in [6, 6.07) is 12.6. The Hall–Kier alpha value is -3.02. The molecule has 0 atom stereocenters. The van der Waals surface area contributed by atoms with E-state index in [1.807, 2.05) is 38.1 Å². The van der Waals surface area contributed by atoms with E-state index in [1.54, 1.807) is 18.2 Å². The fourth-order valence-electron chi connectivity index (χ4n) is 2.26. The molecule has 6 heteroatoms. The Bertz CT molecular complexity index is 769. The highest BCUT2D eigenvalue weighted by atomic mass is 16.7. The zero-order valence-corrected chi connectivity index (χ0v) is 13.5. The molecule has 6 nitrogen and oxygen atoms in total. The van der Waals surface area contributed by atoms with Gasteiger partial charge in [-0.25, -0.2) is 5.43 Å². The normalized spacial score (nSPS) is 12.8. The van der Waals surface area contributed by atoms with Gasteiger partial charge >= 0.3 is 0 Å². The molecule has 0 saturated heterocycles. The van der Waals surface area contributed by atoms with E-state index in [0.29, 0.717) is 29.4 Å². The van der Waals surface area contributed by atoms with E-state index in [9.17, 15) is 4.79 Å². The number of carbonyl (C=O) groups excluding carboxylic acids is 1. The number of rotatable bonds is 5. The predicted molar refractivity (Wildman–Crippen MR) is 89.9 cm³/mol. The Morgan fingerprint density at radius 2 is 1.83 bits per heavy atom. The zero-order valence-electron chi connectivity index (χ0n) is 13.5. The van der Waals surface area contributed by atoms with Crippen molar-refractivity contribution in [2.75, 3.05) is 13.4 Å². The van der Waals surface area contributed by atoms with Gasteiger partial charge in [-0.05, 0) is 61.9 Å². The fraction of sp³-hybridized carbons (Fsp3) is 0.222. The van der Waals surface area contributed by atoms with Crippen LogP contribution in [0.2, 0.25) is 0 Å². The number of benzene rings is 2. The Morgan fingerprint density at radius 3 is 2.58 bits per heavy atom. The van der Waals surface area contributed by atoms with Crippen LogP contribution in [0.15, 0.2) is 47.6 Å². The quantitative estimate of drug-likeness (QED) is 0.677. The van der Waals surface area contributed by atoms with Gasteiger partial charge in [0.2, 0.25) is 6.79 Å². The SMILES string of the molecule is CCOc1ccc(/C(C)=N/NC(=O)c2ccc3c(c2)OCO3)cc1. The number of nitrogens with one attached hydrogen (secondary N) is 1. The maximum Gasteiger partial charge on any atom is 0.271 e. The Morgan fingerprint density at radius 1 is 1.12 bits per heavy atom. The lowest BCUT2D eigenvalue weighted by atomic mass is 10.1. The molecule has 3 rings (SSSR count). The van der Waals surface area contributed by atoms with Gasteiger partial charge in [0.15, 0.2) is 11.5 Å². The first-order chi connectivity index (χ1) is 11.7. The van der Waals surface area contributed by atoms with Crippen LogP contribution in [0, 0.1) is 0 Å². The van der Waals surface area contributed by atoms with Gasteiger partial charge in [-0.1, -0.05) is 0 Å². The number of hydrazone groups is 1.